The Bertz CT molecular complexity index is 1010. The molecule has 0 spiro atoms. The number of anilines is 1. The Balaban J connectivity index is 0.000000183. The molecule has 0 fully saturated rings. The van der Waals surface area contributed by atoms with Crippen molar-refractivity contribution in [2.24, 2.45) is 0 Å². The minimum atomic E-state index is 0. The Morgan fingerprint density at radius 1 is 0.742 bits per heavy atom. The minimum absolute atomic E-state index is 0. The molecule has 0 unspecified atom stereocenters. The standard InChI is InChI=1S/C17H12N.C10H10N2.Ir/c1-3-7-14(8-4-1)16-11-12-17(18-13-16)15-9-5-2-6-10-15;1-11-7-8-12(9-11)10-5-3-2-4-6-10;/h1-9,11-13H;2-5,7-9H,1H3;/q-1;-2;+3. The van der Waals surface area contributed by atoms with Crippen molar-refractivity contribution in [1.82, 2.24) is 9.88 Å². The Hall–Kier alpha value is -3.20. The number of pyridine rings is 1. The third kappa shape index (κ3) is 6.14. The van der Waals surface area contributed by atoms with Crippen LogP contribution in [0, 0.1) is 18.8 Å². The molecule has 4 aromatic rings. The van der Waals surface area contributed by atoms with Crippen LogP contribution in [-0.4, -0.2) is 16.9 Å². The van der Waals surface area contributed by atoms with E-state index in [2.05, 4.69) is 35.3 Å². The normalized spacial score (nSPS) is 12.0. The van der Waals surface area contributed by atoms with Gasteiger partial charge in [-0.2, -0.15) is 37.0 Å². The maximum atomic E-state index is 4.49. The van der Waals surface area contributed by atoms with E-state index in [0.717, 1.165) is 22.5 Å². The van der Waals surface area contributed by atoms with Crippen molar-refractivity contribution in [3.05, 3.63) is 128 Å². The summed E-state index contributed by atoms with van der Waals surface area (Å²) in [7, 11) is 2.00. The second-order valence-corrected chi connectivity index (χ2v) is 6.81. The molecule has 0 atom stereocenters. The summed E-state index contributed by atoms with van der Waals surface area (Å²) < 4.78 is 0. The summed E-state index contributed by atoms with van der Waals surface area (Å²) in [5.74, 6) is 0. The van der Waals surface area contributed by atoms with Crippen LogP contribution in [0.1, 0.15) is 0 Å². The van der Waals surface area contributed by atoms with Gasteiger partial charge in [-0.3, -0.25) is 0 Å². The number of benzene rings is 3. The third-order valence-electron chi connectivity index (χ3n) is 4.60. The summed E-state index contributed by atoms with van der Waals surface area (Å²) in [6.45, 7) is 2.01. The van der Waals surface area contributed by atoms with E-state index in [9.17, 15) is 0 Å². The van der Waals surface area contributed by atoms with Gasteiger partial charge in [0.05, 0.1) is 0 Å². The molecule has 0 N–H and O–H groups in total. The van der Waals surface area contributed by atoms with E-state index in [1.54, 1.807) is 0 Å². The van der Waals surface area contributed by atoms with Crippen molar-refractivity contribution in [3.8, 4) is 22.4 Å². The van der Waals surface area contributed by atoms with Gasteiger partial charge in [0, 0.05) is 6.20 Å². The Labute approximate surface area is 198 Å². The predicted molar refractivity (Wildman–Crippen MR) is 123 cm³/mol. The van der Waals surface area contributed by atoms with E-state index in [1.165, 1.54) is 5.56 Å². The molecule has 0 aliphatic carbocycles. The zero-order valence-corrected chi connectivity index (χ0v) is 19.5. The average molecular weight is 581 g/mol. The van der Waals surface area contributed by atoms with Crippen LogP contribution >= 0.6 is 0 Å². The van der Waals surface area contributed by atoms with Crippen LogP contribution < -0.4 is 4.90 Å². The molecule has 0 saturated heterocycles. The molecule has 2 heterocycles. The van der Waals surface area contributed by atoms with Gasteiger partial charge in [0.15, 0.2) is 0 Å². The Morgan fingerprint density at radius 3 is 2.06 bits per heavy atom. The third-order valence-corrected chi connectivity index (χ3v) is 4.60. The van der Waals surface area contributed by atoms with Crippen LogP contribution in [0.15, 0.2) is 110 Å². The molecule has 3 nitrogen and oxygen atoms in total. The van der Waals surface area contributed by atoms with Crippen LogP contribution in [0.4, 0.5) is 5.69 Å². The van der Waals surface area contributed by atoms with Crippen molar-refractivity contribution in [2.75, 3.05) is 11.9 Å². The zero-order valence-electron chi connectivity index (χ0n) is 17.1. The summed E-state index contributed by atoms with van der Waals surface area (Å²) in [4.78, 5) is 8.52. The van der Waals surface area contributed by atoms with Crippen LogP contribution in [0.25, 0.3) is 22.4 Å². The van der Waals surface area contributed by atoms with Crippen molar-refractivity contribution in [1.29, 1.82) is 0 Å². The molecular formula is C27H22IrN3. The van der Waals surface area contributed by atoms with Gasteiger partial charge in [0.25, 0.3) is 0 Å². The van der Waals surface area contributed by atoms with Crippen LogP contribution in [0.3, 0.4) is 0 Å². The first-order chi connectivity index (χ1) is 14.8. The van der Waals surface area contributed by atoms with Crippen molar-refractivity contribution < 1.29 is 20.1 Å². The smallest absolute Gasteiger partial charge is 0.510 e. The SMILES string of the molecule is CN1C=CN(c2[c-]cccc2)[CH-]1.[Ir+3].[c-]1ccccc1-c1ccc(-c2ccccc2)cn1. The van der Waals surface area contributed by atoms with Gasteiger partial charge in [-0.15, -0.1) is 41.6 Å². The van der Waals surface area contributed by atoms with E-state index in [0.29, 0.717) is 0 Å². The molecule has 0 radical (unpaired) electrons. The molecule has 31 heavy (non-hydrogen) atoms. The maximum absolute atomic E-state index is 4.49. The van der Waals surface area contributed by atoms with Crippen LogP contribution in [0.2, 0.25) is 0 Å². The number of hydrogen-bond acceptors (Lipinski definition) is 3. The molecule has 1 aliphatic heterocycles. The summed E-state index contributed by atoms with van der Waals surface area (Å²) >= 11 is 0. The van der Waals surface area contributed by atoms with Crippen molar-refractivity contribution >= 4 is 5.69 Å². The zero-order chi connectivity index (χ0) is 20.6. The first-order valence-corrected chi connectivity index (χ1v) is 9.78. The van der Waals surface area contributed by atoms with Crippen LogP contribution in [-0.2, 0) is 20.1 Å². The summed E-state index contributed by atoms with van der Waals surface area (Å²) in [5, 5.41) is 0. The van der Waals surface area contributed by atoms with Crippen molar-refractivity contribution in [2.45, 2.75) is 0 Å². The summed E-state index contributed by atoms with van der Waals surface area (Å²) in [5.41, 5.74) is 5.37. The molecule has 0 saturated carbocycles. The van der Waals surface area contributed by atoms with Crippen molar-refractivity contribution in [3.63, 3.8) is 0 Å². The molecule has 1 aromatic heterocycles. The summed E-state index contributed by atoms with van der Waals surface area (Å²) in [6, 6.07) is 36.5. The fourth-order valence-electron chi connectivity index (χ4n) is 3.04. The number of aromatic nitrogens is 1. The second kappa shape index (κ2) is 11.3. The quantitative estimate of drug-likeness (QED) is 0.276. The average Bonchev–Trinajstić information content (AvgIpc) is 3.28. The fraction of sp³-hybridized carbons (Fsp3) is 0.0370. The number of rotatable bonds is 3. The minimum Gasteiger partial charge on any atom is -0.510 e. The van der Waals surface area contributed by atoms with E-state index in [-0.39, 0.29) is 20.1 Å². The second-order valence-electron chi connectivity index (χ2n) is 6.81. The fourth-order valence-corrected chi connectivity index (χ4v) is 3.04. The van der Waals surface area contributed by atoms with Gasteiger partial charge >= 0.3 is 20.1 Å². The maximum Gasteiger partial charge on any atom is 3.00 e. The molecule has 1 aliphatic rings. The number of hydrogen-bond donors (Lipinski definition) is 0. The molecule has 3 aromatic carbocycles. The van der Waals surface area contributed by atoms with E-state index >= 15 is 0 Å². The predicted octanol–water partition coefficient (Wildman–Crippen LogP) is 6.04. The monoisotopic (exact) mass is 581 g/mol. The molecule has 154 valence electrons. The Morgan fingerprint density at radius 2 is 1.48 bits per heavy atom. The van der Waals surface area contributed by atoms with E-state index < -0.39 is 0 Å². The molecule has 5 rings (SSSR count). The topological polar surface area (TPSA) is 19.4 Å². The van der Waals surface area contributed by atoms with Crippen LogP contribution in [0.5, 0.6) is 0 Å². The molecule has 4 heteroatoms. The number of para-hydroxylation sites is 1. The number of nitrogens with zero attached hydrogens (tertiary/aromatic N) is 3. The van der Waals surface area contributed by atoms with Gasteiger partial charge < -0.3 is 14.8 Å². The van der Waals surface area contributed by atoms with E-state index in [1.807, 2.05) is 115 Å². The largest absolute Gasteiger partial charge is 3.00 e. The van der Waals surface area contributed by atoms with Gasteiger partial charge in [-0.25, -0.2) is 0 Å². The van der Waals surface area contributed by atoms with E-state index in [4.69, 9.17) is 0 Å². The first-order valence-electron chi connectivity index (χ1n) is 9.78. The summed E-state index contributed by atoms with van der Waals surface area (Å²) in [6.07, 6.45) is 5.91. The molecular weight excluding hydrogens is 559 g/mol. The van der Waals surface area contributed by atoms with Gasteiger partial charge in [-0.05, 0) is 36.3 Å². The molecule has 0 bridgehead atoms. The Kier molecular flexibility index (Phi) is 8.17. The first kappa shape index (κ1) is 22.5. The van der Waals surface area contributed by atoms with Gasteiger partial charge in [-0.1, -0.05) is 42.5 Å². The van der Waals surface area contributed by atoms with Gasteiger partial charge in [0.2, 0.25) is 0 Å². The molecule has 0 amide bonds. The van der Waals surface area contributed by atoms with Gasteiger partial charge in [0.1, 0.15) is 0 Å².